The number of aromatic nitrogens is 2. The molecule has 1 aromatic heterocycles. The molecule has 0 bridgehead atoms. The van der Waals surface area contributed by atoms with E-state index in [9.17, 15) is 4.79 Å². The molecule has 5 nitrogen and oxygen atoms in total. The SMILES string of the molecule is Cc1ccc(C)c(-c2cc(N3CCC(C(=O)O)CC3)n[nH]2)c1. The lowest BCUT2D eigenvalue weighted by atomic mass is 9.97. The molecule has 0 amide bonds. The molecule has 0 aliphatic carbocycles. The number of H-pyrrole nitrogens is 1. The van der Waals surface area contributed by atoms with Gasteiger partial charge in [0.1, 0.15) is 0 Å². The maximum Gasteiger partial charge on any atom is 0.306 e. The van der Waals surface area contributed by atoms with E-state index >= 15 is 0 Å². The third-order valence-corrected chi connectivity index (χ3v) is 4.42. The molecule has 22 heavy (non-hydrogen) atoms. The van der Waals surface area contributed by atoms with Gasteiger partial charge in [-0.2, -0.15) is 5.10 Å². The van der Waals surface area contributed by atoms with Crippen LogP contribution < -0.4 is 4.90 Å². The van der Waals surface area contributed by atoms with E-state index in [1.54, 1.807) is 0 Å². The molecule has 1 aliphatic rings. The van der Waals surface area contributed by atoms with E-state index in [0.717, 1.165) is 24.6 Å². The highest BCUT2D eigenvalue weighted by Crippen LogP contribution is 2.28. The molecule has 1 aromatic carbocycles. The Morgan fingerprint density at radius 2 is 2.00 bits per heavy atom. The van der Waals surface area contributed by atoms with Crippen LogP contribution in [0.1, 0.15) is 24.0 Å². The maximum atomic E-state index is 11.0. The number of benzene rings is 1. The van der Waals surface area contributed by atoms with Crippen molar-refractivity contribution in [1.82, 2.24) is 10.2 Å². The molecule has 0 unspecified atom stereocenters. The molecular weight excluding hydrogens is 278 g/mol. The Labute approximate surface area is 130 Å². The minimum Gasteiger partial charge on any atom is -0.481 e. The van der Waals surface area contributed by atoms with Crippen molar-refractivity contribution in [2.75, 3.05) is 18.0 Å². The second-order valence-corrected chi connectivity index (χ2v) is 6.06. The van der Waals surface area contributed by atoms with Crippen molar-refractivity contribution in [3.63, 3.8) is 0 Å². The van der Waals surface area contributed by atoms with E-state index < -0.39 is 5.97 Å². The summed E-state index contributed by atoms with van der Waals surface area (Å²) in [6.45, 7) is 5.66. The van der Waals surface area contributed by atoms with E-state index in [2.05, 4.69) is 53.2 Å². The summed E-state index contributed by atoms with van der Waals surface area (Å²) in [5.74, 6) is 0.00572. The summed E-state index contributed by atoms with van der Waals surface area (Å²) in [5, 5.41) is 16.6. The number of nitrogens with one attached hydrogen (secondary N) is 1. The Kier molecular flexibility index (Phi) is 3.88. The van der Waals surface area contributed by atoms with Crippen LogP contribution in [0.25, 0.3) is 11.3 Å². The Morgan fingerprint density at radius 3 is 2.68 bits per heavy atom. The third-order valence-electron chi connectivity index (χ3n) is 4.42. The minimum absolute atomic E-state index is 0.214. The van der Waals surface area contributed by atoms with Crippen molar-refractivity contribution < 1.29 is 9.90 Å². The normalized spacial score (nSPS) is 16.0. The number of hydrogen-bond acceptors (Lipinski definition) is 3. The maximum absolute atomic E-state index is 11.0. The van der Waals surface area contributed by atoms with Gasteiger partial charge in [-0.3, -0.25) is 9.89 Å². The predicted molar refractivity (Wildman–Crippen MR) is 86.1 cm³/mol. The third kappa shape index (κ3) is 2.84. The number of piperidine rings is 1. The molecule has 0 radical (unpaired) electrons. The van der Waals surface area contributed by atoms with Crippen LogP contribution in [0.4, 0.5) is 5.82 Å². The first-order valence-corrected chi connectivity index (χ1v) is 7.65. The van der Waals surface area contributed by atoms with Crippen LogP contribution in [-0.4, -0.2) is 34.4 Å². The van der Waals surface area contributed by atoms with Crippen molar-refractivity contribution in [3.05, 3.63) is 35.4 Å². The summed E-state index contributed by atoms with van der Waals surface area (Å²) in [4.78, 5) is 13.2. The lowest BCUT2D eigenvalue weighted by molar-refractivity contribution is -0.142. The zero-order valence-corrected chi connectivity index (χ0v) is 13.0. The summed E-state index contributed by atoms with van der Waals surface area (Å²) in [6.07, 6.45) is 1.36. The molecule has 1 aliphatic heterocycles. The fourth-order valence-corrected chi connectivity index (χ4v) is 2.99. The number of carboxylic acids is 1. The second kappa shape index (κ2) is 5.83. The average Bonchev–Trinajstić information content (AvgIpc) is 2.99. The zero-order chi connectivity index (χ0) is 15.7. The van der Waals surface area contributed by atoms with Gasteiger partial charge in [-0.25, -0.2) is 0 Å². The first-order chi connectivity index (χ1) is 10.5. The lowest BCUT2D eigenvalue weighted by Crippen LogP contribution is -2.36. The van der Waals surface area contributed by atoms with E-state index in [0.29, 0.717) is 12.8 Å². The summed E-state index contributed by atoms with van der Waals surface area (Å²) in [6, 6.07) is 8.43. The van der Waals surface area contributed by atoms with Crippen molar-refractivity contribution in [2.24, 2.45) is 5.92 Å². The molecule has 0 atom stereocenters. The van der Waals surface area contributed by atoms with Crippen molar-refractivity contribution >= 4 is 11.8 Å². The number of aliphatic carboxylic acids is 1. The molecule has 2 aromatic rings. The number of aryl methyl sites for hydroxylation is 2. The van der Waals surface area contributed by atoms with Crippen LogP contribution >= 0.6 is 0 Å². The standard InChI is InChI=1S/C17H21N3O2/c1-11-3-4-12(2)14(9-11)15-10-16(19-18-15)20-7-5-13(6-8-20)17(21)22/h3-4,9-10,13H,5-8H2,1-2H3,(H,18,19)(H,21,22). The monoisotopic (exact) mass is 299 g/mol. The fourth-order valence-electron chi connectivity index (χ4n) is 2.99. The Bertz CT molecular complexity index is 685. The first-order valence-electron chi connectivity index (χ1n) is 7.65. The van der Waals surface area contributed by atoms with E-state index in [-0.39, 0.29) is 5.92 Å². The van der Waals surface area contributed by atoms with Crippen molar-refractivity contribution in [3.8, 4) is 11.3 Å². The number of rotatable bonds is 3. The molecule has 2 heterocycles. The largest absolute Gasteiger partial charge is 0.481 e. The molecule has 1 fully saturated rings. The molecule has 116 valence electrons. The molecule has 5 heteroatoms. The van der Waals surface area contributed by atoms with E-state index in [4.69, 9.17) is 5.11 Å². The topological polar surface area (TPSA) is 69.2 Å². The van der Waals surface area contributed by atoms with Crippen LogP contribution in [0, 0.1) is 19.8 Å². The van der Waals surface area contributed by atoms with Gasteiger partial charge < -0.3 is 10.0 Å². The van der Waals surface area contributed by atoms with Crippen LogP contribution in [-0.2, 0) is 4.79 Å². The zero-order valence-electron chi connectivity index (χ0n) is 13.0. The molecule has 0 spiro atoms. The second-order valence-electron chi connectivity index (χ2n) is 6.06. The number of hydrogen-bond donors (Lipinski definition) is 2. The van der Waals surface area contributed by atoms with Crippen LogP contribution in [0.15, 0.2) is 24.3 Å². The Morgan fingerprint density at radius 1 is 1.27 bits per heavy atom. The highest BCUT2D eigenvalue weighted by molar-refractivity contribution is 5.71. The number of carboxylic acid groups (broad SMARTS) is 1. The Hall–Kier alpha value is -2.30. The quantitative estimate of drug-likeness (QED) is 0.914. The molecule has 3 rings (SSSR count). The summed E-state index contributed by atoms with van der Waals surface area (Å²) >= 11 is 0. The summed E-state index contributed by atoms with van der Waals surface area (Å²) in [5.41, 5.74) is 4.61. The minimum atomic E-state index is -0.683. The highest BCUT2D eigenvalue weighted by atomic mass is 16.4. The van der Waals surface area contributed by atoms with E-state index in [1.807, 2.05) is 0 Å². The molecule has 1 saturated heterocycles. The molecular formula is C17H21N3O2. The van der Waals surface area contributed by atoms with E-state index in [1.165, 1.54) is 16.7 Å². The first kappa shape index (κ1) is 14.6. The van der Waals surface area contributed by atoms with Gasteiger partial charge in [-0.05, 0) is 38.3 Å². The summed E-state index contributed by atoms with van der Waals surface area (Å²) in [7, 11) is 0. The highest BCUT2D eigenvalue weighted by Gasteiger charge is 2.25. The van der Waals surface area contributed by atoms with Gasteiger partial charge in [0.15, 0.2) is 5.82 Å². The summed E-state index contributed by atoms with van der Waals surface area (Å²) < 4.78 is 0. The number of anilines is 1. The van der Waals surface area contributed by atoms with Crippen molar-refractivity contribution in [1.29, 1.82) is 0 Å². The van der Waals surface area contributed by atoms with Gasteiger partial charge in [0, 0.05) is 24.7 Å². The predicted octanol–water partition coefficient (Wildman–Crippen LogP) is 2.99. The van der Waals surface area contributed by atoms with Gasteiger partial charge in [0.05, 0.1) is 11.6 Å². The molecule has 0 saturated carbocycles. The lowest BCUT2D eigenvalue weighted by Gasteiger charge is -2.29. The number of aromatic amines is 1. The van der Waals surface area contributed by atoms with Crippen LogP contribution in [0.5, 0.6) is 0 Å². The van der Waals surface area contributed by atoms with Gasteiger partial charge in [0.2, 0.25) is 0 Å². The van der Waals surface area contributed by atoms with Gasteiger partial charge >= 0.3 is 5.97 Å². The van der Waals surface area contributed by atoms with Crippen molar-refractivity contribution in [2.45, 2.75) is 26.7 Å². The average molecular weight is 299 g/mol. The Balaban J connectivity index is 1.77. The molecule has 2 N–H and O–H groups in total. The fraction of sp³-hybridized carbons (Fsp3) is 0.412. The van der Waals surface area contributed by atoms with Crippen LogP contribution in [0.3, 0.4) is 0 Å². The number of nitrogens with zero attached hydrogens (tertiary/aromatic N) is 2. The van der Waals surface area contributed by atoms with Gasteiger partial charge in [-0.1, -0.05) is 17.7 Å². The number of carbonyl (C=O) groups is 1. The van der Waals surface area contributed by atoms with Gasteiger partial charge in [-0.15, -0.1) is 0 Å². The van der Waals surface area contributed by atoms with Gasteiger partial charge in [0.25, 0.3) is 0 Å². The smallest absolute Gasteiger partial charge is 0.306 e. The van der Waals surface area contributed by atoms with Crippen LogP contribution in [0.2, 0.25) is 0 Å².